The van der Waals surface area contributed by atoms with Crippen LogP contribution in [0.15, 0.2) is 18.2 Å². The third-order valence-corrected chi connectivity index (χ3v) is 6.07. The Labute approximate surface area is 151 Å². The Hall–Kier alpha value is -2.25. The number of fused-ring (bicyclic) bond motifs is 3. The van der Waals surface area contributed by atoms with Gasteiger partial charge in [-0.25, -0.2) is 0 Å². The normalized spacial score (nSPS) is 30.8. The van der Waals surface area contributed by atoms with Gasteiger partial charge in [0.25, 0.3) is 5.91 Å². The first-order valence-corrected chi connectivity index (χ1v) is 9.32. The Bertz CT molecular complexity index is 792. The molecule has 0 spiro atoms. The molecule has 4 saturated heterocycles. The van der Waals surface area contributed by atoms with Crippen molar-refractivity contribution in [3.63, 3.8) is 0 Å². The number of piperidine rings is 2. The lowest BCUT2D eigenvalue weighted by molar-refractivity contribution is -0.136. The Kier molecular flexibility index (Phi) is 3.62. The second-order valence-electron chi connectivity index (χ2n) is 7.83. The van der Waals surface area contributed by atoms with Crippen molar-refractivity contribution in [2.45, 2.75) is 50.5 Å². The number of hydrogen-bond donors (Lipinski definition) is 2. The quantitative estimate of drug-likeness (QED) is 0.747. The summed E-state index contributed by atoms with van der Waals surface area (Å²) < 4.78 is 0. The highest BCUT2D eigenvalue weighted by molar-refractivity contribution is 6.05. The van der Waals surface area contributed by atoms with Crippen LogP contribution in [0.3, 0.4) is 0 Å². The second-order valence-corrected chi connectivity index (χ2v) is 7.83. The molecule has 0 saturated carbocycles. The summed E-state index contributed by atoms with van der Waals surface area (Å²) in [5.41, 5.74) is 2.91. The fourth-order valence-corrected chi connectivity index (χ4v) is 4.77. The molecule has 5 heterocycles. The van der Waals surface area contributed by atoms with Crippen molar-refractivity contribution in [2.24, 2.45) is 0 Å². The largest absolute Gasteiger partial charge is 0.322 e. The predicted octanol–water partition coefficient (Wildman–Crippen LogP) is -0.00630. The minimum atomic E-state index is -0.549. The summed E-state index contributed by atoms with van der Waals surface area (Å²) in [6.07, 6.45) is 1.96. The van der Waals surface area contributed by atoms with Gasteiger partial charge in [0.1, 0.15) is 6.04 Å². The molecule has 1 unspecified atom stereocenters. The molecule has 7 nitrogen and oxygen atoms in total. The van der Waals surface area contributed by atoms with Gasteiger partial charge in [-0.15, -0.1) is 0 Å². The topological polar surface area (TPSA) is 81.8 Å². The van der Waals surface area contributed by atoms with Crippen LogP contribution in [-0.2, 0) is 22.7 Å². The minimum Gasteiger partial charge on any atom is -0.322 e. The maximum absolute atomic E-state index is 12.9. The van der Waals surface area contributed by atoms with E-state index in [1.807, 2.05) is 12.1 Å². The first kappa shape index (κ1) is 16.0. The molecular formula is C19H22N4O3. The van der Waals surface area contributed by atoms with E-state index in [1.54, 1.807) is 4.90 Å². The zero-order valence-corrected chi connectivity index (χ0v) is 14.5. The van der Waals surface area contributed by atoms with Crippen molar-refractivity contribution in [1.82, 2.24) is 20.4 Å². The highest BCUT2D eigenvalue weighted by Crippen LogP contribution is 2.31. The first-order valence-electron chi connectivity index (χ1n) is 9.32. The lowest BCUT2D eigenvalue weighted by Crippen LogP contribution is -2.66. The molecule has 2 N–H and O–H groups in total. The molecule has 2 bridgehead atoms. The van der Waals surface area contributed by atoms with E-state index in [0.29, 0.717) is 30.6 Å². The highest BCUT2D eigenvalue weighted by Gasteiger charge is 2.40. The minimum absolute atomic E-state index is 0.0977. The SMILES string of the molecule is O=C1CCC(N2Cc3c(CN4C[C@H]5C[C@@H](C4)N5)cccc3C2=O)C(=O)N1. The summed E-state index contributed by atoms with van der Waals surface area (Å²) in [7, 11) is 0. The number of amides is 3. The number of hydrogen-bond acceptors (Lipinski definition) is 5. The molecule has 1 aromatic rings. The van der Waals surface area contributed by atoms with Gasteiger partial charge >= 0.3 is 0 Å². The van der Waals surface area contributed by atoms with E-state index < -0.39 is 6.04 Å². The molecule has 5 aliphatic heterocycles. The maximum Gasteiger partial charge on any atom is 0.255 e. The average molecular weight is 354 g/mol. The summed E-state index contributed by atoms with van der Waals surface area (Å²) in [6.45, 7) is 3.39. The summed E-state index contributed by atoms with van der Waals surface area (Å²) in [5.74, 6) is -0.709. The average Bonchev–Trinajstić information content (AvgIpc) is 2.92. The Morgan fingerprint density at radius 2 is 1.88 bits per heavy atom. The van der Waals surface area contributed by atoms with Gasteiger partial charge in [-0.2, -0.15) is 0 Å². The van der Waals surface area contributed by atoms with Crippen molar-refractivity contribution >= 4 is 17.7 Å². The van der Waals surface area contributed by atoms with Crippen molar-refractivity contribution in [1.29, 1.82) is 0 Å². The van der Waals surface area contributed by atoms with Gasteiger partial charge in [0, 0.05) is 50.2 Å². The van der Waals surface area contributed by atoms with E-state index in [0.717, 1.165) is 25.2 Å². The Morgan fingerprint density at radius 3 is 2.62 bits per heavy atom. The van der Waals surface area contributed by atoms with Crippen LogP contribution in [0.5, 0.6) is 0 Å². The zero-order chi connectivity index (χ0) is 17.8. The van der Waals surface area contributed by atoms with Gasteiger partial charge < -0.3 is 10.2 Å². The number of rotatable bonds is 3. The number of imide groups is 1. The van der Waals surface area contributed by atoms with Crippen LogP contribution < -0.4 is 10.6 Å². The van der Waals surface area contributed by atoms with Crippen molar-refractivity contribution in [2.75, 3.05) is 13.1 Å². The van der Waals surface area contributed by atoms with Gasteiger partial charge in [-0.1, -0.05) is 12.1 Å². The van der Waals surface area contributed by atoms with Gasteiger partial charge in [0.15, 0.2) is 0 Å². The number of nitrogens with one attached hydrogen (secondary N) is 2. The number of benzene rings is 1. The summed E-state index contributed by atoms with van der Waals surface area (Å²) in [5, 5.41) is 5.89. The predicted molar refractivity (Wildman–Crippen MR) is 93.1 cm³/mol. The van der Waals surface area contributed by atoms with Gasteiger partial charge in [-0.05, 0) is 30.0 Å². The van der Waals surface area contributed by atoms with Crippen LogP contribution in [0.1, 0.15) is 40.7 Å². The van der Waals surface area contributed by atoms with E-state index in [4.69, 9.17) is 0 Å². The molecule has 5 aliphatic rings. The van der Waals surface area contributed by atoms with E-state index in [-0.39, 0.29) is 24.1 Å². The molecule has 6 rings (SSSR count). The third kappa shape index (κ3) is 2.54. The number of carbonyl (C=O) groups excluding carboxylic acids is 3. The van der Waals surface area contributed by atoms with E-state index in [2.05, 4.69) is 21.6 Å². The lowest BCUT2D eigenvalue weighted by atomic mass is 9.90. The van der Waals surface area contributed by atoms with Crippen LogP contribution in [0.4, 0.5) is 0 Å². The van der Waals surface area contributed by atoms with Gasteiger partial charge in [0.2, 0.25) is 11.8 Å². The standard InChI is InChI=1S/C19H22N4O3/c24-17-5-4-16(18(25)21-17)23-10-15-11(2-1-3-14(15)19(23)26)7-22-8-12-6-13(9-22)20-12/h1-3,12-13,16,20H,4-10H2,(H,21,24,25)/t12-,13+,16?. The molecule has 3 atom stereocenters. The molecule has 0 aromatic heterocycles. The van der Waals surface area contributed by atoms with Crippen molar-refractivity contribution < 1.29 is 14.4 Å². The van der Waals surface area contributed by atoms with Crippen LogP contribution in [0, 0.1) is 0 Å². The van der Waals surface area contributed by atoms with Gasteiger partial charge in [-0.3, -0.25) is 24.6 Å². The summed E-state index contributed by atoms with van der Waals surface area (Å²) in [6, 6.07) is 6.53. The van der Waals surface area contributed by atoms with Crippen molar-refractivity contribution in [3.8, 4) is 0 Å². The molecule has 4 fully saturated rings. The second kappa shape index (κ2) is 5.89. The van der Waals surface area contributed by atoms with Gasteiger partial charge in [0.05, 0.1) is 0 Å². The smallest absolute Gasteiger partial charge is 0.255 e. The lowest BCUT2D eigenvalue weighted by Gasteiger charge is -2.48. The van der Waals surface area contributed by atoms with E-state index >= 15 is 0 Å². The Balaban J connectivity index is 1.36. The molecule has 0 aliphatic carbocycles. The summed E-state index contributed by atoms with van der Waals surface area (Å²) in [4.78, 5) is 40.5. The number of piperazine rings is 1. The fraction of sp³-hybridized carbons (Fsp3) is 0.526. The number of carbonyl (C=O) groups is 3. The molecule has 1 aromatic carbocycles. The molecule has 3 amide bonds. The number of nitrogens with zero attached hydrogens (tertiary/aromatic N) is 2. The highest BCUT2D eigenvalue weighted by atomic mass is 16.2. The molecule has 136 valence electrons. The zero-order valence-electron chi connectivity index (χ0n) is 14.5. The van der Waals surface area contributed by atoms with Crippen LogP contribution >= 0.6 is 0 Å². The fourth-order valence-electron chi connectivity index (χ4n) is 4.77. The first-order chi connectivity index (χ1) is 12.6. The molecule has 7 heteroatoms. The monoisotopic (exact) mass is 354 g/mol. The molecular weight excluding hydrogens is 332 g/mol. The third-order valence-electron chi connectivity index (χ3n) is 6.07. The maximum atomic E-state index is 12.9. The Morgan fingerprint density at radius 1 is 1.12 bits per heavy atom. The van der Waals surface area contributed by atoms with E-state index in [9.17, 15) is 14.4 Å². The molecule has 0 radical (unpaired) electrons. The molecule has 26 heavy (non-hydrogen) atoms. The van der Waals surface area contributed by atoms with Crippen LogP contribution in [0.25, 0.3) is 0 Å². The van der Waals surface area contributed by atoms with Crippen molar-refractivity contribution in [3.05, 3.63) is 34.9 Å². The van der Waals surface area contributed by atoms with E-state index in [1.165, 1.54) is 12.0 Å². The summed E-state index contributed by atoms with van der Waals surface area (Å²) >= 11 is 0. The van der Waals surface area contributed by atoms with Crippen LogP contribution in [0.2, 0.25) is 0 Å². The van der Waals surface area contributed by atoms with Crippen LogP contribution in [-0.4, -0.2) is 58.7 Å².